The number of fused-ring (bicyclic) bond motifs is 1. The molecule has 0 aliphatic rings. The molecule has 2 aromatic heterocycles. The lowest BCUT2D eigenvalue weighted by Gasteiger charge is -2.11. The van der Waals surface area contributed by atoms with Crippen LogP contribution in [0.5, 0.6) is 0 Å². The monoisotopic (exact) mass is 339 g/mol. The summed E-state index contributed by atoms with van der Waals surface area (Å²) in [5.41, 5.74) is 2.71. The second kappa shape index (κ2) is 6.76. The highest BCUT2D eigenvalue weighted by Gasteiger charge is 2.19. The van der Waals surface area contributed by atoms with Crippen molar-refractivity contribution in [3.63, 3.8) is 0 Å². The largest absolute Gasteiger partial charge is 0.463 e. The Morgan fingerprint density at radius 3 is 2.60 bits per heavy atom. The first kappa shape index (κ1) is 16.7. The summed E-state index contributed by atoms with van der Waals surface area (Å²) in [6.45, 7) is 3.57. The summed E-state index contributed by atoms with van der Waals surface area (Å²) in [6.07, 6.45) is 0. The van der Waals surface area contributed by atoms with Gasteiger partial charge in [-0.25, -0.2) is 9.59 Å². The third-order valence-electron chi connectivity index (χ3n) is 3.93. The number of rotatable bonds is 4. The van der Waals surface area contributed by atoms with Gasteiger partial charge in [0.15, 0.2) is 0 Å². The number of hydrogen-bond acceptors (Lipinski definition) is 6. The maximum Gasteiger partial charge on any atom is 0.373 e. The molecule has 1 aromatic carbocycles. The predicted molar refractivity (Wildman–Crippen MR) is 90.4 cm³/mol. The second-order valence-corrected chi connectivity index (χ2v) is 5.55. The summed E-state index contributed by atoms with van der Waals surface area (Å²) in [4.78, 5) is 28.3. The molecular formula is C19H17NO5. The summed E-state index contributed by atoms with van der Waals surface area (Å²) < 4.78 is 15.2. The number of hydrogen-bond donors (Lipinski definition) is 0. The van der Waals surface area contributed by atoms with Crippen LogP contribution < -0.4 is 0 Å². The van der Waals surface area contributed by atoms with Gasteiger partial charge in [0.1, 0.15) is 12.4 Å². The predicted octanol–water partition coefficient (Wildman–Crippen LogP) is 3.59. The highest BCUT2D eigenvalue weighted by Crippen LogP contribution is 2.23. The Bertz CT molecular complexity index is 958. The first-order valence-corrected chi connectivity index (χ1v) is 7.71. The van der Waals surface area contributed by atoms with Crippen molar-refractivity contribution < 1.29 is 23.5 Å². The minimum atomic E-state index is -0.581. The van der Waals surface area contributed by atoms with E-state index < -0.39 is 11.9 Å². The Morgan fingerprint density at radius 2 is 1.84 bits per heavy atom. The van der Waals surface area contributed by atoms with Crippen molar-refractivity contribution in [2.24, 2.45) is 0 Å². The summed E-state index contributed by atoms with van der Waals surface area (Å²) in [5.74, 6) is -0.640. The van der Waals surface area contributed by atoms with Crippen molar-refractivity contribution in [2.75, 3.05) is 7.11 Å². The standard InChI is InChI=1S/C19H17NO5/c1-11-14-6-4-5-7-15(14)20-12(2)17(11)19(22)24-10-13-8-9-16(25-13)18(21)23-3/h4-9H,10H2,1-3H3. The van der Waals surface area contributed by atoms with Crippen LogP contribution in [0.25, 0.3) is 10.9 Å². The lowest BCUT2D eigenvalue weighted by atomic mass is 10.0. The van der Waals surface area contributed by atoms with Gasteiger partial charge in [0.25, 0.3) is 0 Å². The Balaban J connectivity index is 1.81. The number of pyridine rings is 1. The highest BCUT2D eigenvalue weighted by molar-refractivity contribution is 5.98. The van der Waals surface area contributed by atoms with Crippen molar-refractivity contribution in [3.05, 3.63) is 64.7 Å². The lowest BCUT2D eigenvalue weighted by molar-refractivity contribution is 0.0436. The molecule has 6 nitrogen and oxygen atoms in total. The fraction of sp³-hybridized carbons (Fsp3) is 0.211. The molecule has 0 atom stereocenters. The molecule has 0 amide bonds. The zero-order chi connectivity index (χ0) is 18.0. The summed E-state index contributed by atoms with van der Waals surface area (Å²) >= 11 is 0. The molecule has 0 spiro atoms. The number of carbonyl (C=O) groups is 2. The second-order valence-electron chi connectivity index (χ2n) is 5.55. The molecule has 0 saturated carbocycles. The number of carbonyl (C=O) groups excluding carboxylic acids is 2. The van der Waals surface area contributed by atoms with Crippen LogP contribution in [0.15, 0.2) is 40.8 Å². The van der Waals surface area contributed by atoms with E-state index in [0.717, 1.165) is 16.5 Å². The Kier molecular flexibility index (Phi) is 4.52. The number of furan rings is 1. The summed E-state index contributed by atoms with van der Waals surface area (Å²) in [6, 6.07) is 10.7. The normalized spacial score (nSPS) is 10.7. The zero-order valence-corrected chi connectivity index (χ0v) is 14.2. The van der Waals surface area contributed by atoms with Crippen LogP contribution in [0, 0.1) is 13.8 Å². The number of aromatic nitrogens is 1. The van der Waals surface area contributed by atoms with E-state index in [1.54, 1.807) is 13.0 Å². The van der Waals surface area contributed by atoms with Gasteiger partial charge in [-0.05, 0) is 37.6 Å². The van der Waals surface area contributed by atoms with E-state index in [-0.39, 0.29) is 12.4 Å². The minimum Gasteiger partial charge on any atom is -0.463 e. The van der Waals surface area contributed by atoms with Crippen LogP contribution in [0.2, 0.25) is 0 Å². The van der Waals surface area contributed by atoms with E-state index in [9.17, 15) is 9.59 Å². The van der Waals surface area contributed by atoms with Crippen molar-refractivity contribution in [1.82, 2.24) is 4.98 Å². The number of esters is 2. The number of methoxy groups -OCH3 is 1. The van der Waals surface area contributed by atoms with Crippen LogP contribution >= 0.6 is 0 Å². The third kappa shape index (κ3) is 3.24. The van der Waals surface area contributed by atoms with Crippen LogP contribution in [0.3, 0.4) is 0 Å². The zero-order valence-electron chi connectivity index (χ0n) is 14.2. The molecule has 3 aromatic rings. The Morgan fingerprint density at radius 1 is 1.08 bits per heavy atom. The van der Waals surface area contributed by atoms with Gasteiger partial charge < -0.3 is 13.9 Å². The molecule has 0 fully saturated rings. The molecule has 2 heterocycles. The number of benzene rings is 1. The van der Waals surface area contributed by atoms with E-state index in [0.29, 0.717) is 17.0 Å². The van der Waals surface area contributed by atoms with E-state index in [4.69, 9.17) is 9.15 Å². The average molecular weight is 339 g/mol. The van der Waals surface area contributed by atoms with Crippen LogP contribution in [-0.2, 0) is 16.1 Å². The Hall–Kier alpha value is -3.15. The summed E-state index contributed by atoms with van der Waals surface area (Å²) in [5, 5.41) is 0.908. The van der Waals surface area contributed by atoms with Gasteiger partial charge >= 0.3 is 11.9 Å². The highest BCUT2D eigenvalue weighted by atomic mass is 16.5. The van der Waals surface area contributed by atoms with Crippen LogP contribution in [0.4, 0.5) is 0 Å². The van der Waals surface area contributed by atoms with Crippen LogP contribution in [0.1, 0.15) is 37.9 Å². The first-order valence-electron chi connectivity index (χ1n) is 7.71. The maximum absolute atomic E-state index is 12.5. The SMILES string of the molecule is COC(=O)c1ccc(COC(=O)c2c(C)nc3ccccc3c2C)o1. The van der Waals surface area contributed by atoms with Crippen molar-refractivity contribution >= 4 is 22.8 Å². The molecule has 0 bridgehead atoms. The fourth-order valence-electron chi connectivity index (χ4n) is 2.71. The maximum atomic E-state index is 12.5. The smallest absolute Gasteiger partial charge is 0.373 e. The first-order chi connectivity index (χ1) is 12.0. The molecule has 25 heavy (non-hydrogen) atoms. The molecule has 6 heteroatoms. The molecule has 128 valence electrons. The fourth-order valence-corrected chi connectivity index (χ4v) is 2.71. The topological polar surface area (TPSA) is 78.6 Å². The molecule has 0 unspecified atom stereocenters. The van der Waals surface area contributed by atoms with Gasteiger partial charge in [-0.3, -0.25) is 4.98 Å². The van der Waals surface area contributed by atoms with Gasteiger partial charge in [0.05, 0.1) is 23.9 Å². The number of nitrogens with zero attached hydrogens (tertiary/aromatic N) is 1. The van der Waals surface area contributed by atoms with E-state index in [1.807, 2.05) is 31.2 Å². The molecule has 0 aliphatic heterocycles. The van der Waals surface area contributed by atoms with Crippen molar-refractivity contribution in [1.29, 1.82) is 0 Å². The average Bonchev–Trinajstić information content (AvgIpc) is 3.08. The third-order valence-corrected chi connectivity index (χ3v) is 3.93. The number of ether oxygens (including phenoxy) is 2. The van der Waals surface area contributed by atoms with E-state index in [1.165, 1.54) is 13.2 Å². The molecule has 0 saturated heterocycles. The molecule has 0 aliphatic carbocycles. The van der Waals surface area contributed by atoms with Gasteiger partial charge in [-0.2, -0.15) is 0 Å². The van der Waals surface area contributed by atoms with E-state index >= 15 is 0 Å². The minimum absolute atomic E-state index is 0.0632. The molecule has 0 N–H and O–H groups in total. The van der Waals surface area contributed by atoms with Crippen molar-refractivity contribution in [3.8, 4) is 0 Å². The molecule has 3 rings (SSSR count). The quantitative estimate of drug-likeness (QED) is 0.676. The molecule has 0 radical (unpaired) electrons. The Labute approximate surface area is 144 Å². The lowest BCUT2D eigenvalue weighted by Crippen LogP contribution is -2.11. The van der Waals surface area contributed by atoms with Crippen LogP contribution in [-0.4, -0.2) is 24.0 Å². The summed E-state index contributed by atoms with van der Waals surface area (Å²) in [7, 11) is 1.27. The van der Waals surface area contributed by atoms with E-state index in [2.05, 4.69) is 9.72 Å². The van der Waals surface area contributed by atoms with Crippen molar-refractivity contribution in [2.45, 2.75) is 20.5 Å². The van der Waals surface area contributed by atoms with Gasteiger partial charge in [0, 0.05) is 5.39 Å². The number of para-hydroxylation sites is 1. The molecular weight excluding hydrogens is 322 g/mol. The van der Waals surface area contributed by atoms with Gasteiger partial charge in [-0.15, -0.1) is 0 Å². The van der Waals surface area contributed by atoms with Gasteiger partial charge in [-0.1, -0.05) is 18.2 Å². The van der Waals surface area contributed by atoms with Gasteiger partial charge in [0.2, 0.25) is 5.76 Å². The number of aryl methyl sites for hydroxylation is 2.